The summed E-state index contributed by atoms with van der Waals surface area (Å²) in [6.45, 7) is 15.9. The SMILES string of the molecule is Cc1cc(C)ncn1.Cc1ccnc(C)c1.Cc1ccnc(C)n1.Cc1cncc(C)c1. The minimum absolute atomic E-state index is 0.838. The molecule has 0 bridgehead atoms. The Morgan fingerprint density at radius 1 is 0.500 bits per heavy atom. The summed E-state index contributed by atoms with van der Waals surface area (Å²) < 4.78 is 0. The third kappa shape index (κ3) is 12.9. The molecule has 32 heavy (non-hydrogen) atoms. The van der Waals surface area contributed by atoms with Crippen LogP contribution in [0.15, 0.2) is 61.4 Å². The molecule has 0 spiro atoms. The maximum Gasteiger partial charge on any atom is 0.125 e. The lowest BCUT2D eigenvalue weighted by molar-refractivity contribution is 1.01. The van der Waals surface area contributed by atoms with Crippen molar-refractivity contribution >= 4 is 0 Å². The third-order valence-electron chi connectivity index (χ3n) is 3.92. The van der Waals surface area contributed by atoms with E-state index in [1.54, 1.807) is 12.5 Å². The first-order chi connectivity index (χ1) is 15.2. The Labute approximate surface area is 192 Å². The Balaban J connectivity index is 0.000000213. The molecule has 4 aromatic rings. The van der Waals surface area contributed by atoms with Gasteiger partial charge in [-0.2, -0.15) is 0 Å². The minimum Gasteiger partial charge on any atom is -0.264 e. The predicted octanol–water partition coefficient (Wildman–Crippen LogP) is 5.58. The van der Waals surface area contributed by atoms with Gasteiger partial charge in [0.1, 0.15) is 12.2 Å². The van der Waals surface area contributed by atoms with Crippen molar-refractivity contribution in [2.24, 2.45) is 0 Å². The van der Waals surface area contributed by atoms with E-state index in [4.69, 9.17) is 0 Å². The van der Waals surface area contributed by atoms with Gasteiger partial charge >= 0.3 is 0 Å². The Bertz CT molecular complexity index is 836. The molecule has 0 unspecified atom stereocenters. The molecule has 0 fully saturated rings. The molecular formula is C26H34N6. The molecule has 0 radical (unpaired) electrons. The molecular weight excluding hydrogens is 396 g/mol. The quantitative estimate of drug-likeness (QED) is 0.362. The van der Waals surface area contributed by atoms with Crippen LogP contribution in [0.2, 0.25) is 0 Å². The van der Waals surface area contributed by atoms with E-state index >= 15 is 0 Å². The standard InChI is InChI=1S/2C7H9N.2C6H8N2/c1-6-3-7(2)5-8-4-6;1-6-3-4-8-7(2)5-6;1-5-3-6(2)8-4-7-5;1-5-3-4-7-6(2)8-5/h2*3-5H,1-2H3;2*3-4H,1-2H3. The van der Waals surface area contributed by atoms with Crippen LogP contribution in [0.25, 0.3) is 0 Å². The summed E-state index contributed by atoms with van der Waals surface area (Å²) in [5.74, 6) is 0.838. The fourth-order valence-electron chi connectivity index (χ4n) is 2.56. The fourth-order valence-corrected chi connectivity index (χ4v) is 2.56. The molecule has 6 heteroatoms. The van der Waals surface area contributed by atoms with E-state index in [1.807, 2.05) is 85.3 Å². The zero-order valence-electron chi connectivity index (χ0n) is 20.5. The van der Waals surface area contributed by atoms with Crippen LogP contribution in [-0.2, 0) is 0 Å². The Morgan fingerprint density at radius 3 is 1.38 bits per heavy atom. The van der Waals surface area contributed by atoms with Crippen molar-refractivity contribution in [3.63, 3.8) is 0 Å². The van der Waals surface area contributed by atoms with Crippen LogP contribution >= 0.6 is 0 Å². The number of aromatic nitrogens is 6. The van der Waals surface area contributed by atoms with Crippen molar-refractivity contribution in [2.75, 3.05) is 0 Å². The number of nitrogens with zero attached hydrogens (tertiary/aromatic N) is 6. The lowest BCUT2D eigenvalue weighted by Crippen LogP contribution is -1.86. The first-order valence-corrected chi connectivity index (χ1v) is 10.4. The lowest BCUT2D eigenvalue weighted by atomic mass is 10.2. The van der Waals surface area contributed by atoms with Crippen LogP contribution < -0.4 is 0 Å². The van der Waals surface area contributed by atoms with E-state index in [-0.39, 0.29) is 0 Å². The first-order valence-electron chi connectivity index (χ1n) is 10.4. The van der Waals surface area contributed by atoms with Gasteiger partial charge in [-0.05, 0) is 96.3 Å². The van der Waals surface area contributed by atoms with Crippen molar-refractivity contribution < 1.29 is 0 Å². The second-order valence-electron chi connectivity index (χ2n) is 7.56. The zero-order chi connectivity index (χ0) is 23.9. The molecule has 0 amide bonds. The molecule has 4 heterocycles. The van der Waals surface area contributed by atoms with Gasteiger partial charge in [-0.3, -0.25) is 9.97 Å². The van der Waals surface area contributed by atoms with E-state index < -0.39 is 0 Å². The summed E-state index contributed by atoms with van der Waals surface area (Å²) >= 11 is 0. The number of hydrogen-bond donors (Lipinski definition) is 0. The molecule has 6 nitrogen and oxygen atoms in total. The van der Waals surface area contributed by atoms with E-state index in [0.29, 0.717) is 0 Å². The summed E-state index contributed by atoms with van der Waals surface area (Å²) in [6.07, 6.45) is 8.87. The average molecular weight is 431 g/mol. The van der Waals surface area contributed by atoms with Crippen molar-refractivity contribution in [3.05, 3.63) is 107 Å². The molecule has 4 aromatic heterocycles. The maximum atomic E-state index is 4.06. The van der Waals surface area contributed by atoms with Crippen LogP contribution in [0, 0.1) is 55.4 Å². The second-order valence-corrected chi connectivity index (χ2v) is 7.56. The van der Waals surface area contributed by atoms with E-state index in [9.17, 15) is 0 Å². The number of hydrogen-bond acceptors (Lipinski definition) is 6. The van der Waals surface area contributed by atoms with Gasteiger partial charge in [0.05, 0.1) is 0 Å². The summed E-state index contributed by atoms with van der Waals surface area (Å²) in [4.78, 5) is 23.9. The van der Waals surface area contributed by atoms with E-state index in [2.05, 4.69) is 49.0 Å². The topological polar surface area (TPSA) is 77.3 Å². The van der Waals surface area contributed by atoms with Gasteiger partial charge in [-0.15, -0.1) is 0 Å². The van der Waals surface area contributed by atoms with Crippen LogP contribution in [-0.4, -0.2) is 29.9 Å². The van der Waals surface area contributed by atoms with Gasteiger partial charge in [0.2, 0.25) is 0 Å². The van der Waals surface area contributed by atoms with Gasteiger partial charge in [0.15, 0.2) is 0 Å². The van der Waals surface area contributed by atoms with E-state index in [0.717, 1.165) is 28.6 Å². The number of aryl methyl sites for hydroxylation is 8. The van der Waals surface area contributed by atoms with E-state index in [1.165, 1.54) is 16.7 Å². The predicted molar refractivity (Wildman–Crippen MR) is 130 cm³/mol. The summed E-state index contributed by atoms with van der Waals surface area (Å²) in [5.41, 5.74) is 7.89. The second kappa shape index (κ2) is 14.5. The van der Waals surface area contributed by atoms with Crippen LogP contribution in [0.1, 0.15) is 45.3 Å². The maximum absolute atomic E-state index is 4.06. The molecule has 4 rings (SSSR count). The molecule has 0 aliphatic carbocycles. The largest absolute Gasteiger partial charge is 0.264 e. The van der Waals surface area contributed by atoms with Gasteiger partial charge < -0.3 is 0 Å². The minimum atomic E-state index is 0.838. The highest BCUT2D eigenvalue weighted by molar-refractivity contribution is 5.14. The van der Waals surface area contributed by atoms with Crippen molar-refractivity contribution in [1.82, 2.24) is 29.9 Å². The molecule has 0 saturated heterocycles. The van der Waals surface area contributed by atoms with Gasteiger partial charge in [0, 0.05) is 47.6 Å². The summed E-state index contributed by atoms with van der Waals surface area (Å²) in [5, 5.41) is 0. The van der Waals surface area contributed by atoms with Crippen LogP contribution in [0.3, 0.4) is 0 Å². The zero-order valence-corrected chi connectivity index (χ0v) is 20.5. The van der Waals surface area contributed by atoms with Crippen LogP contribution in [0.5, 0.6) is 0 Å². The summed E-state index contributed by atoms with van der Waals surface area (Å²) in [6, 6.07) is 9.98. The van der Waals surface area contributed by atoms with Gasteiger partial charge in [0.25, 0.3) is 0 Å². The smallest absolute Gasteiger partial charge is 0.125 e. The Hall–Kier alpha value is -3.54. The normalized spacial score (nSPS) is 9.25. The molecule has 168 valence electrons. The fraction of sp³-hybridized carbons (Fsp3) is 0.308. The molecule has 0 aliphatic rings. The monoisotopic (exact) mass is 430 g/mol. The number of pyridine rings is 2. The molecule has 0 aliphatic heterocycles. The Kier molecular flexibility index (Phi) is 12.0. The van der Waals surface area contributed by atoms with Gasteiger partial charge in [-0.1, -0.05) is 6.07 Å². The lowest BCUT2D eigenvalue weighted by Gasteiger charge is -1.90. The van der Waals surface area contributed by atoms with Crippen molar-refractivity contribution in [1.29, 1.82) is 0 Å². The first kappa shape index (κ1) is 26.5. The van der Waals surface area contributed by atoms with Crippen LogP contribution in [0.4, 0.5) is 0 Å². The van der Waals surface area contributed by atoms with Crippen molar-refractivity contribution in [3.8, 4) is 0 Å². The third-order valence-corrected chi connectivity index (χ3v) is 3.92. The molecule has 0 N–H and O–H groups in total. The van der Waals surface area contributed by atoms with Gasteiger partial charge in [-0.25, -0.2) is 19.9 Å². The summed E-state index contributed by atoms with van der Waals surface area (Å²) in [7, 11) is 0. The highest BCUT2D eigenvalue weighted by Gasteiger charge is 1.85. The Morgan fingerprint density at radius 2 is 1.06 bits per heavy atom. The molecule has 0 saturated carbocycles. The average Bonchev–Trinajstić information content (AvgIpc) is 2.69. The highest BCUT2D eigenvalue weighted by atomic mass is 14.9. The number of rotatable bonds is 0. The highest BCUT2D eigenvalue weighted by Crippen LogP contribution is 1.97. The molecule has 0 aromatic carbocycles. The molecule has 0 atom stereocenters. The van der Waals surface area contributed by atoms with Crippen molar-refractivity contribution in [2.45, 2.75) is 55.4 Å².